The highest BCUT2D eigenvalue weighted by Crippen LogP contribution is 2.35. The van der Waals surface area contributed by atoms with Gasteiger partial charge in [-0.3, -0.25) is 0 Å². The highest BCUT2D eigenvalue weighted by atomic mass is 79.9. The Kier molecular flexibility index (Phi) is 12.5. The summed E-state index contributed by atoms with van der Waals surface area (Å²) in [6.07, 6.45) is 0. The van der Waals surface area contributed by atoms with Crippen molar-refractivity contribution in [3.05, 3.63) is 183 Å². The van der Waals surface area contributed by atoms with Gasteiger partial charge in [0.15, 0.2) is 0 Å². The monoisotopic (exact) mass is 762 g/mol. The smallest absolute Gasteiger partial charge is 0.126 e. The number of halogens is 5. The van der Waals surface area contributed by atoms with Crippen LogP contribution < -0.4 is 10.2 Å². The zero-order valence-corrected chi connectivity index (χ0v) is 27.6. The van der Waals surface area contributed by atoms with Crippen LogP contribution in [0, 0.1) is 11.6 Å². The molecule has 43 heavy (non-hydrogen) atoms. The van der Waals surface area contributed by atoms with E-state index in [1.165, 1.54) is 24.3 Å². The second-order valence-electron chi connectivity index (χ2n) is 9.08. The van der Waals surface area contributed by atoms with E-state index in [2.05, 4.69) is 53.1 Å². The predicted octanol–water partition coefficient (Wildman–Crippen LogP) is 12.8. The maximum absolute atomic E-state index is 13.8. The van der Waals surface area contributed by atoms with Crippen LogP contribution in [0.4, 0.5) is 37.2 Å². The van der Waals surface area contributed by atoms with Crippen LogP contribution in [0.1, 0.15) is 0 Å². The molecule has 0 aromatic heterocycles. The number of rotatable bonds is 5. The molecule has 0 atom stereocenters. The van der Waals surface area contributed by atoms with Crippen molar-refractivity contribution in [2.75, 3.05) is 10.2 Å². The van der Waals surface area contributed by atoms with Crippen molar-refractivity contribution in [2.45, 2.75) is 0 Å². The van der Waals surface area contributed by atoms with Gasteiger partial charge in [-0.1, -0.05) is 121 Å². The maximum Gasteiger partial charge on any atom is 0.126 e. The molecule has 0 unspecified atom stereocenters. The molecule has 0 amide bonds. The molecule has 1 N–H and O–H groups in total. The van der Waals surface area contributed by atoms with Crippen molar-refractivity contribution < 1.29 is 8.78 Å². The Morgan fingerprint density at radius 3 is 1.12 bits per heavy atom. The molecule has 216 valence electrons. The molecule has 0 aliphatic carbocycles. The first-order valence-electron chi connectivity index (χ1n) is 13.2. The molecule has 7 heteroatoms. The summed E-state index contributed by atoms with van der Waals surface area (Å²) >= 11 is 9.65. The van der Waals surface area contributed by atoms with Gasteiger partial charge in [0.1, 0.15) is 11.6 Å². The molecule has 2 nitrogen and oxygen atoms in total. The molecular formula is C36H27Br3F2N2. The van der Waals surface area contributed by atoms with Crippen molar-refractivity contribution in [1.29, 1.82) is 0 Å². The SMILES string of the molecule is Fc1cc(Br)cc(Br)c1.Fc1cc(Br)cc(N(c2ccccc2)c2ccccc2)c1.c1ccc(Nc2ccccc2)cc1. The van der Waals surface area contributed by atoms with Gasteiger partial charge in [0.25, 0.3) is 0 Å². The van der Waals surface area contributed by atoms with Crippen LogP contribution in [0.15, 0.2) is 171 Å². The normalized spacial score (nSPS) is 9.98. The van der Waals surface area contributed by atoms with Crippen LogP contribution in [0.5, 0.6) is 0 Å². The zero-order chi connectivity index (χ0) is 30.4. The van der Waals surface area contributed by atoms with Crippen LogP contribution in [0.25, 0.3) is 0 Å². The van der Waals surface area contributed by atoms with Gasteiger partial charge in [0.2, 0.25) is 0 Å². The quantitative estimate of drug-likeness (QED) is 0.188. The second-order valence-corrected chi connectivity index (χ2v) is 11.8. The third-order valence-corrected chi connectivity index (χ3v) is 7.17. The molecule has 0 saturated heterocycles. The maximum atomic E-state index is 13.8. The third kappa shape index (κ3) is 10.8. The van der Waals surface area contributed by atoms with Gasteiger partial charge in [-0.15, -0.1) is 0 Å². The molecule has 0 saturated carbocycles. The molecule has 6 aromatic carbocycles. The van der Waals surface area contributed by atoms with E-state index in [1.807, 2.05) is 132 Å². The van der Waals surface area contributed by atoms with Crippen molar-refractivity contribution in [1.82, 2.24) is 0 Å². The number of para-hydroxylation sites is 4. The molecule has 0 spiro atoms. The zero-order valence-electron chi connectivity index (χ0n) is 22.8. The first kappa shape index (κ1) is 32.1. The third-order valence-electron chi connectivity index (χ3n) is 5.80. The lowest BCUT2D eigenvalue weighted by atomic mass is 10.2. The Bertz CT molecular complexity index is 1540. The van der Waals surface area contributed by atoms with E-state index < -0.39 is 0 Å². The predicted molar refractivity (Wildman–Crippen MR) is 187 cm³/mol. The van der Waals surface area contributed by atoms with E-state index in [4.69, 9.17) is 0 Å². The van der Waals surface area contributed by atoms with Gasteiger partial charge in [-0.25, -0.2) is 8.78 Å². The van der Waals surface area contributed by atoms with E-state index in [9.17, 15) is 8.78 Å². The summed E-state index contributed by atoms with van der Waals surface area (Å²) in [4.78, 5) is 2.02. The number of nitrogens with one attached hydrogen (secondary N) is 1. The number of anilines is 5. The minimum atomic E-state index is -0.267. The highest BCUT2D eigenvalue weighted by Gasteiger charge is 2.13. The Balaban J connectivity index is 0.000000163. The van der Waals surface area contributed by atoms with Gasteiger partial charge in [-0.05, 0) is 84.9 Å². The fourth-order valence-electron chi connectivity index (χ4n) is 4.00. The van der Waals surface area contributed by atoms with Crippen molar-refractivity contribution in [3.63, 3.8) is 0 Å². The van der Waals surface area contributed by atoms with Gasteiger partial charge in [-0.2, -0.15) is 0 Å². The van der Waals surface area contributed by atoms with Crippen molar-refractivity contribution in [3.8, 4) is 0 Å². The van der Waals surface area contributed by atoms with E-state index in [0.29, 0.717) is 0 Å². The topological polar surface area (TPSA) is 15.3 Å². The Hall–Kier alpha value is -3.78. The number of nitrogens with zero attached hydrogens (tertiary/aromatic N) is 1. The summed E-state index contributed by atoms with van der Waals surface area (Å²) in [5.74, 6) is -0.507. The lowest BCUT2D eigenvalue weighted by Crippen LogP contribution is -2.09. The summed E-state index contributed by atoms with van der Waals surface area (Å²) in [5, 5.41) is 3.30. The minimum absolute atomic E-state index is 0.240. The van der Waals surface area contributed by atoms with Crippen molar-refractivity contribution in [2.24, 2.45) is 0 Å². The van der Waals surface area contributed by atoms with Crippen LogP contribution in [0.3, 0.4) is 0 Å². The van der Waals surface area contributed by atoms with Crippen LogP contribution in [-0.4, -0.2) is 0 Å². The van der Waals surface area contributed by atoms with Crippen LogP contribution in [0.2, 0.25) is 0 Å². The first-order chi connectivity index (χ1) is 20.9. The van der Waals surface area contributed by atoms with E-state index >= 15 is 0 Å². The number of benzene rings is 6. The van der Waals surface area contributed by atoms with Gasteiger partial charge < -0.3 is 10.2 Å². The van der Waals surface area contributed by atoms with Crippen molar-refractivity contribution >= 4 is 76.2 Å². The molecule has 0 fully saturated rings. The summed E-state index contributed by atoms with van der Waals surface area (Å²) in [5.41, 5.74) is 4.99. The standard InChI is InChI=1S/C18H13BrFN.C12H11N.C6H3Br2F/c19-14-11-15(20)13-18(12-14)21(16-7-3-1-4-8-16)17-9-5-2-6-10-17;1-3-7-11(8-4-1)13-12-9-5-2-6-10-12;7-4-1-5(8)3-6(9)2-4/h1-13H;1-10,13H;1-3H. The van der Waals surface area contributed by atoms with Gasteiger partial charge in [0.05, 0.1) is 5.69 Å². The summed E-state index contributed by atoms with van der Waals surface area (Å²) in [6, 6.07) is 49.6. The number of hydrogen-bond acceptors (Lipinski definition) is 2. The van der Waals surface area contributed by atoms with E-state index in [-0.39, 0.29) is 11.6 Å². The lowest BCUT2D eigenvalue weighted by molar-refractivity contribution is 0.626. The molecule has 0 radical (unpaired) electrons. The van der Waals surface area contributed by atoms with Crippen LogP contribution >= 0.6 is 47.8 Å². The van der Waals surface area contributed by atoms with Gasteiger partial charge >= 0.3 is 0 Å². The summed E-state index contributed by atoms with van der Waals surface area (Å²) in [6.45, 7) is 0. The lowest BCUT2D eigenvalue weighted by Gasteiger charge is -2.25. The molecule has 6 rings (SSSR count). The average molecular weight is 765 g/mol. The molecule has 6 aromatic rings. The Labute approximate surface area is 276 Å². The van der Waals surface area contributed by atoms with Crippen LogP contribution in [-0.2, 0) is 0 Å². The molecule has 0 heterocycles. The highest BCUT2D eigenvalue weighted by molar-refractivity contribution is 9.11. The van der Waals surface area contributed by atoms with E-state index in [1.54, 1.807) is 6.07 Å². The Morgan fingerprint density at radius 1 is 0.395 bits per heavy atom. The molecule has 0 bridgehead atoms. The van der Waals surface area contributed by atoms with E-state index in [0.717, 1.165) is 41.9 Å². The molecule has 0 aliphatic rings. The fourth-order valence-corrected chi connectivity index (χ4v) is 5.69. The first-order valence-corrected chi connectivity index (χ1v) is 15.6. The average Bonchev–Trinajstić information content (AvgIpc) is 2.99. The van der Waals surface area contributed by atoms with Gasteiger partial charge in [0, 0.05) is 36.2 Å². The molecule has 0 aliphatic heterocycles. The molecular weight excluding hydrogens is 738 g/mol. The summed E-state index contributed by atoms with van der Waals surface area (Å²) in [7, 11) is 0. The summed E-state index contributed by atoms with van der Waals surface area (Å²) < 4.78 is 28.3. The fraction of sp³-hybridized carbons (Fsp3) is 0. The Morgan fingerprint density at radius 2 is 0.744 bits per heavy atom. The second kappa shape index (κ2) is 16.8. The number of hydrogen-bond donors (Lipinski definition) is 1. The largest absolute Gasteiger partial charge is 0.356 e. The minimum Gasteiger partial charge on any atom is -0.356 e.